The predicted molar refractivity (Wildman–Crippen MR) is 137 cm³/mol. The molecule has 2 aromatic heterocycles. The number of carbonyl (C=O) groups is 1. The zero-order chi connectivity index (χ0) is 22.9. The molecule has 2 aliphatic rings. The van der Waals surface area contributed by atoms with E-state index in [0.717, 1.165) is 25.8 Å². The molecule has 0 atom stereocenters. The molecule has 4 heterocycles. The summed E-state index contributed by atoms with van der Waals surface area (Å²) in [6.07, 6.45) is 6.15. The lowest BCUT2D eigenvalue weighted by atomic mass is 9.99. The molecule has 0 unspecified atom stereocenters. The highest BCUT2D eigenvalue weighted by Crippen LogP contribution is 2.34. The van der Waals surface area contributed by atoms with Crippen LogP contribution in [0.4, 0.5) is 5.82 Å². The SMILES string of the molecule is CCCCN1C(=O)/C(=C\c2c(N3CCc4ccccc4C3)nc3ccccn3c2=O)SC1=S. The molecule has 0 radical (unpaired) electrons. The van der Waals surface area contributed by atoms with Gasteiger partial charge in [0, 0.05) is 25.8 Å². The van der Waals surface area contributed by atoms with Crippen LogP contribution >= 0.6 is 24.0 Å². The van der Waals surface area contributed by atoms with Gasteiger partial charge in [0.25, 0.3) is 11.5 Å². The summed E-state index contributed by atoms with van der Waals surface area (Å²) in [6, 6.07) is 13.9. The van der Waals surface area contributed by atoms with Crippen LogP contribution in [-0.4, -0.2) is 37.6 Å². The smallest absolute Gasteiger partial charge is 0.267 e. The Morgan fingerprint density at radius 3 is 2.73 bits per heavy atom. The van der Waals surface area contributed by atoms with E-state index < -0.39 is 0 Å². The molecule has 1 fully saturated rings. The van der Waals surface area contributed by atoms with Crippen molar-refractivity contribution >= 4 is 51.7 Å². The molecule has 3 aromatic rings. The molecule has 2 aliphatic heterocycles. The van der Waals surface area contributed by atoms with Crippen molar-refractivity contribution in [1.29, 1.82) is 0 Å². The fourth-order valence-electron chi connectivity index (χ4n) is 4.28. The van der Waals surface area contributed by atoms with Gasteiger partial charge in [-0.25, -0.2) is 4.98 Å². The van der Waals surface area contributed by atoms with Crippen LogP contribution < -0.4 is 10.5 Å². The second-order valence-electron chi connectivity index (χ2n) is 8.21. The topological polar surface area (TPSA) is 57.9 Å². The molecule has 1 amide bonds. The molecule has 33 heavy (non-hydrogen) atoms. The van der Waals surface area contributed by atoms with Crippen molar-refractivity contribution in [3.63, 3.8) is 0 Å². The van der Waals surface area contributed by atoms with Crippen molar-refractivity contribution in [3.8, 4) is 0 Å². The maximum Gasteiger partial charge on any atom is 0.267 e. The van der Waals surface area contributed by atoms with Crippen LogP contribution in [0.25, 0.3) is 11.7 Å². The van der Waals surface area contributed by atoms with Crippen LogP contribution in [0.15, 0.2) is 58.4 Å². The lowest BCUT2D eigenvalue weighted by Crippen LogP contribution is -2.34. The van der Waals surface area contributed by atoms with Gasteiger partial charge in [0.05, 0.1) is 10.5 Å². The van der Waals surface area contributed by atoms with E-state index in [1.165, 1.54) is 27.3 Å². The van der Waals surface area contributed by atoms with Crippen molar-refractivity contribution < 1.29 is 4.79 Å². The third-order valence-corrected chi connectivity index (χ3v) is 7.44. The monoisotopic (exact) mass is 476 g/mol. The Morgan fingerprint density at radius 1 is 1.12 bits per heavy atom. The van der Waals surface area contributed by atoms with Crippen LogP contribution in [0, 0.1) is 0 Å². The maximum atomic E-state index is 13.6. The zero-order valence-electron chi connectivity index (χ0n) is 18.4. The highest BCUT2D eigenvalue weighted by Gasteiger charge is 2.32. The summed E-state index contributed by atoms with van der Waals surface area (Å²) in [5.41, 5.74) is 3.38. The number of thioether (sulfide) groups is 1. The number of hydrogen-bond acceptors (Lipinski definition) is 6. The lowest BCUT2D eigenvalue weighted by Gasteiger charge is -2.30. The molecule has 0 saturated carbocycles. The molecule has 0 bridgehead atoms. The number of aromatic nitrogens is 2. The second-order valence-corrected chi connectivity index (χ2v) is 9.89. The Bertz CT molecular complexity index is 1350. The minimum absolute atomic E-state index is 0.133. The largest absolute Gasteiger partial charge is 0.351 e. The summed E-state index contributed by atoms with van der Waals surface area (Å²) in [6.45, 7) is 4.11. The van der Waals surface area contributed by atoms with Crippen LogP contribution in [0.5, 0.6) is 0 Å². The van der Waals surface area contributed by atoms with Gasteiger partial charge in [0.15, 0.2) is 0 Å². The Morgan fingerprint density at radius 2 is 1.91 bits per heavy atom. The van der Waals surface area contributed by atoms with Crippen molar-refractivity contribution in [2.75, 3.05) is 18.0 Å². The van der Waals surface area contributed by atoms with Gasteiger partial charge >= 0.3 is 0 Å². The number of pyridine rings is 1. The Labute approximate surface area is 201 Å². The third kappa shape index (κ3) is 4.09. The van der Waals surface area contributed by atoms with E-state index in [9.17, 15) is 9.59 Å². The van der Waals surface area contributed by atoms with Gasteiger partial charge in [0.1, 0.15) is 15.8 Å². The third-order valence-electron chi connectivity index (χ3n) is 6.06. The number of rotatable bonds is 5. The lowest BCUT2D eigenvalue weighted by molar-refractivity contribution is -0.122. The van der Waals surface area contributed by atoms with Gasteiger partial charge in [-0.2, -0.15) is 0 Å². The first kappa shape index (κ1) is 21.9. The average molecular weight is 477 g/mol. The minimum atomic E-state index is -0.187. The number of unbranched alkanes of at least 4 members (excludes halogenated alkanes) is 1. The first-order chi connectivity index (χ1) is 16.1. The van der Waals surface area contributed by atoms with E-state index in [1.54, 1.807) is 23.2 Å². The number of benzene rings is 1. The summed E-state index contributed by atoms with van der Waals surface area (Å²) >= 11 is 6.71. The zero-order valence-corrected chi connectivity index (χ0v) is 20.0. The normalized spacial score (nSPS) is 17.3. The number of anilines is 1. The van der Waals surface area contributed by atoms with Gasteiger partial charge in [-0.1, -0.05) is 67.7 Å². The molecule has 168 valence electrons. The Hall–Kier alpha value is -2.97. The van der Waals surface area contributed by atoms with Gasteiger partial charge in [0.2, 0.25) is 0 Å². The number of carbonyl (C=O) groups excluding carboxylic acids is 1. The van der Waals surface area contributed by atoms with Crippen LogP contribution in [0.3, 0.4) is 0 Å². The quantitative estimate of drug-likeness (QED) is 0.405. The van der Waals surface area contributed by atoms with Gasteiger partial charge in [-0.05, 0) is 42.2 Å². The summed E-state index contributed by atoms with van der Waals surface area (Å²) in [5.74, 6) is 0.477. The number of hydrogen-bond donors (Lipinski definition) is 0. The van der Waals surface area contributed by atoms with E-state index in [4.69, 9.17) is 17.2 Å². The summed E-state index contributed by atoms with van der Waals surface area (Å²) in [7, 11) is 0. The van der Waals surface area contributed by atoms with Crippen molar-refractivity contribution in [2.45, 2.75) is 32.7 Å². The van der Waals surface area contributed by atoms with Crippen molar-refractivity contribution in [1.82, 2.24) is 14.3 Å². The average Bonchev–Trinajstić information content (AvgIpc) is 3.11. The number of nitrogens with zero attached hydrogens (tertiary/aromatic N) is 4. The van der Waals surface area contributed by atoms with Crippen LogP contribution in [-0.2, 0) is 17.8 Å². The molecule has 6 nitrogen and oxygen atoms in total. The summed E-state index contributed by atoms with van der Waals surface area (Å²) < 4.78 is 2.08. The van der Waals surface area contributed by atoms with E-state index >= 15 is 0 Å². The molecule has 1 aromatic carbocycles. The van der Waals surface area contributed by atoms with E-state index in [1.807, 2.05) is 18.2 Å². The van der Waals surface area contributed by atoms with Crippen molar-refractivity contribution in [3.05, 3.63) is 80.6 Å². The highest BCUT2D eigenvalue weighted by molar-refractivity contribution is 8.26. The van der Waals surface area contributed by atoms with E-state index in [-0.39, 0.29) is 11.5 Å². The fraction of sp³-hybridized carbons (Fsp3) is 0.280. The predicted octanol–water partition coefficient (Wildman–Crippen LogP) is 4.26. The number of fused-ring (bicyclic) bond motifs is 2. The molecular formula is C25H24N4O2S2. The first-order valence-electron chi connectivity index (χ1n) is 11.2. The molecule has 0 N–H and O–H groups in total. The number of amides is 1. The molecule has 0 spiro atoms. The molecule has 8 heteroatoms. The molecular weight excluding hydrogens is 452 g/mol. The molecule has 5 rings (SSSR count). The summed E-state index contributed by atoms with van der Waals surface area (Å²) in [5, 5.41) is 0. The van der Waals surface area contributed by atoms with Gasteiger partial charge in [-0.3, -0.25) is 18.9 Å². The van der Waals surface area contributed by atoms with Gasteiger partial charge < -0.3 is 4.90 Å². The first-order valence-corrected chi connectivity index (χ1v) is 12.4. The highest BCUT2D eigenvalue weighted by atomic mass is 32.2. The van der Waals surface area contributed by atoms with E-state index in [2.05, 4.69) is 30.0 Å². The molecule has 0 aliphatic carbocycles. The fourth-order valence-corrected chi connectivity index (χ4v) is 5.57. The number of thiocarbonyl (C=S) groups is 1. The summed E-state index contributed by atoms with van der Waals surface area (Å²) in [4.78, 5) is 35.7. The van der Waals surface area contributed by atoms with Crippen LogP contribution in [0.2, 0.25) is 0 Å². The van der Waals surface area contributed by atoms with Crippen LogP contribution in [0.1, 0.15) is 36.5 Å². The minimum Gasteiger partial charge on any atom is -0.351 e. The molecule has 1 saturated heterocycles. The maximum absolute atomic E-state index is 13.6. The van der Waals surface area contributed by atoms with Crippen molar-refractivity contribution in [2.24, 2.45) is 0 Å². The van der Waals surface area contributed by atoms with Gasteiger partial charge in [-0.15, -0.1) is 0 Å². The Kier molecular flexibility index (Phi) is 6.03. The second kappa shape index (κ2) is 9.11. The van der Waals surface area contributed by atoms with E-state index in [0.29, 0.717) is 39.3 Å². The Balaban J connectivity index is 1.61. The standard InChI is InChI=1S/C25H24N4O2S2/c1-2-3-12-29-24(31)20(33-25(29)32)15-19-22(26-21-10-6-7-13-28(21)23(19)30)27-14-11-17-8-4-5-9-18(17)16-27/h4-10,13,15H,2-3,11-12,14,16H2,1H3/b20-15+.